The molecule has 2 aromatic carbocycles. The molecule has 31 heavy (non-hydrogen) atoms. The third kappa shape index (κ3) is 4.07. The van der Waals surface area contributed by atoms with Crippen LogP contribution in [0.3, 0.4) is 0 Å². The van der Waals surface area contributed by atoms with E-state index in [2.05, 4.69) is 14.9 Å². The molecule has 2 aliphatic rings. The fourth-order valence-corrected chi connectivity index (χ4v) is 4.34. The highest BCUT2D eigenvalue weighted by Crippen LogP contribution is 2.27. The second-order valence-electron chi connectivity index (χ2n) is 8.03. The van der Waals surface area contributed by atoms with Crippen LogP contribution in [0, 0.1) is 5.82 Å². The largest absolute Gasteiger partial charge is 0.483 e. The number of hydrogen-bond acceptors (Lipinski definition) is 5. The molecule has 0 unspecified atom stereocenters. The fourth-order valence-electron chi connectivity index (χ4n) is 4.34. The van der Waals surface area contributed by atoms with Crippen LogP contribution in [-0.4, -0.2) is 52.0 Å². The highest BCUT2D eigenvalue weighted by molar-refractivity contribution is 5.48. The zero-order valence-electron chi connectivity index (χ0n) is 17.4. The van der Waals surface area contributed by atoms with Gasteiger partial charge in [-0.05, 0) is 49.7 Å². The van der Waals surface area contributed by atoms with Crippen LogP contribution >= 0.6 is 0 Å². The Morgan fingerprint density at radius 1 is 0.968 bits per heavy atom. The van der Waals surface area contributed by atoms with Gasteiger partial charge in [-0.2, -0.15) is 5.10 Å². The second kappa shape index (κ2) is 8.55. The van der Waals surface area contributed by atoms with Crippen LogP contribution in [0.5, 0.6) is 5.75 Å². The number of aromatic nitrogens is 3. The van der Waals surface area contributed by atoms with Crippen molar-refractivity contribution in [2.24, 2.45) is 0 Å². The number of nitrogens with zero attached hydrogens (tertiary/aromatic N) is 5. The number of aryl methyl sites for hydroxylation is 1. The molecule has 0 aliphatic carbocycles. The number of para-hydroxylation sites is 2. The number of anilines is 1. The average Bonchev–Trinajstić information content (AvgIpc) is 3.13. The van der Waals surface area contributed by atoms with Gasteiger partial charge in [-0.25, -0.2) is 18.4 Å². The van der Waals surface area contributed by atoms with Crippen molar-refractivity contribution >= 4 is 5.69 Å². The maximum atomic E-state index is 13.4. The highest BCUT2D eigenvalue weighted by Gasteiger charge is 2.22. The van der Waals surface area contributed by atoms with Crippen LogP contribution in [0.1, 0.15) is 18.7 Å². The summed E-state index contributed by atoms with van der Waals surface area (Å²) in [6, 6.07) is 14.4. The first-order chi connectivity index (χ1) is 15.2. The number of benzene rings is 2. The lowest BCUT2D eigenvalue weighted by molar-refractivity contribution is 0.250. The van der Waals surface area contributed by atoms with Crippen molar-refractivity contribution in [3.63, 3.8) is 0 Å². The van der Waals surface area contributed by atoms with Gasteiger partial charge < -0.3 is 9.64 Å². The standard InChI is InChI=1S/C23H26FN5O2/c24-18-6-5-7-19(16-18)27-14-12-26(13-15-27)10-3-4-11-28-23(30)29-20-8-1-2-9-21(20)31-17-22(29)25-28/h1-2,5-9,16H,3-4,10-15,17H2. The van der Waals surface area contributed by atoms with Crippen molar-refractivity contribution < 1.29 is 9.13 Å². The van der Waals surface area contributed by atoms with Gasteiger partial charge >= 0.3 is 5.69 Å². The van der Waals surface area contributed by atoms with Crippen LogP contribution in [0.15, 0.2) is 53.3 Å². The normalized spacial score (nSPS) is 16.0. The topological polar surface area (TPSA) is 55.5 Å². The number of piperazine rings is 1. The minimum Gasteiger partial charge on any atom is -0.483 e. The van der Waals surface area contributed by atoms with Crippen molar-refractivity contribution in [3.8, 4) is 11.4 Å². The summed E-state index contributed by atoms with van der Waals surface area (Å²) in [5, 5.41) is 4.48. The van der Waals surface area contributed by atoms with Gasteiger partial charge in [0, 0.05) is 38.4 Å². The molecule has 8 heteroatoms. The van der Waals surface area contributed by atoms with Crippen LogP contribution in [0.25, 0.3) is 5.69 Å². The second-order valence-corrected chi connectivity index (χ2v) is 8.03. The Labute approximate surface area is 180 Å². The number of halogens is 1. The fraction of sp³-hybridized carbons (Fsp3) is 0.391. The van der Waals surface area contributed by atoms with E-state index in [1.54, 1.807) is 21.4 Å². The minimum atomic E-state index is -0.189. The Kier molecular flexibility index (Phi) is 5.46. The maximum absolute atomic E-state index is 13.4. The summed E-state index contributed by atoms with van der Waals surface area (Å²) in [4.78, 5) is 17.5. The van der Waals surface area contributed by atoms with E-state index in [-0.39, 0.29) is 11.5 Å². The summed E-state index contributed by atoms with van der Waals surface area (Å²) in [7, 11) is 0. The van der Waals surface area contributed by atoms with E-state index in [1.165, 1.54) is 6.07 Å². The number of ether oxygens (including phenoxy) is 1. The summed E-state index contributed by atoms with van der Waals surface area (Å²) in [6.07, 6.45) is 1.89. The van der Waals surface area contributed by atoms with Gasteiger partial charge in [0.1, 0.15) is 18.2 Å². The molecule has 162 valence electrons. The summed E-state index contributed by atoms with van der Waals surface area (Å²) in [5.74, 6) is 1.18. The molecule has 0 N–H and O–H groups in total. The van der Waals surface area contributed by atoms with Crippen LogP contribution in [0.2, 0.25) is 0 Å². The lowest BCUT2D eigenvalue weighted by Crippen LogP contribution is -2.46. The van der Waals surface area contributed by atoms with Crippen LogP contribution in [0.4, 0.5) is 10.1 Å². The molecule has 3 aromatic rings. The molecule has 0 bridgehead atoms. The molecule has 2 aliphatic heterocycles. The molecule has 3 heterocycles. The molecule has 7 nitrogen and oxygen atoms in total. The molecule has 0 spiro atoms. The van der Waals surface area contributed by atoms with Crippen molar-refractivity contribution in [2.45, 2.75) is 26.0 Å². The van der Waals surface area contributed by atoms with Crippen LogP contribution < -0.4 is 15.3 Å². The van der Waals surface area contributed by atoms with Gasteiger partial charge in [0.15, 0.2) is 5.82 Å². The van der Waals surface area contributed by atoms with Gasteiger partial charge in [-0.3, -0.25) is 4.90 Å². The van der Waals surface area contributed by atoms with E-state index in [1.807, 2.05) is 30.3 Å². The summed E-state index contributed by atoms with van der Waals surface area (Å²) in [5.41, 5.74) is 1.61. The monoisotopic (exact) mass is 423 g/mol. The summed E-state index contributed by atoms with van der Waals surface area (Å²) < 4.78 is 22.4. The van der Waals surface area contributed by atoms with E-state index in [9.17, 15) is 9.18 Å². The zero-order chi connectivity index (χ0) is 21.2. The van der Waals surface area contributed by atoms with Crippen molar-refractivity contribution in [3.05, 3.63) is 70.7 Å². The van der Waals surface area contributed by atoms with E-state index in [4.69, 9.17) is 4.74 Å². The summed E-state index contributed by atoms with van der Waals surface area (Å²) in [6.45, 7) is 5.63. The third-order valence-electron chi connectivity index (χ3n) is 6.01. The maximum Gasteiger partial charge on any atom is 0.350 e. The lowest BCUT2D eigenvalue weighted by atomic mass is 10.2. The number of hydrogen-bond donors (Lipinski definition) is 0. The Morgan fingerprint density at radius 3 is 2.61 bits per heavy atom. The predicted octanol–water partition coefficient (Wildman–Crippen LogP) is 2.67. The first-order valence-corrected chi connectivity index (χ1v) is 10.8. The third-order valence-corrected chi connectivity index (χ3v) is 6.01. The van der Waals surface area contributed by atoms with Crippen molar-refractivity contribution in [2.75, 3.05) is 37.6 Å². The van der Waals surface area contributed by atoms with Crippen LogP contribution in [-0.2, 0) is 13.2 Å². The highest BCUT2D eigenvalue weighted by atomic mass is 19.1. The Bertz CT molecular complexity index is 1120. The first kappa shape index (κ1) is 19.8. The zero-order valence-corrected chi connectivity index (χ0v) is 17.4. The Balaban J connectivity index is 1.12. The van der Waals surface area contributed by atoms with Gasteiger partial charge in [-0.1, -0.05) is 18.2 Å². The molecule has 5 rings (SSSR count). The molecular weight excluding hydrogens is 397 g/mol. The molecule has 0 atom stereocenters. The predicted molar refractivity (Wildman–Crippen MR) is 116 cm³/mol. The van der Waals surface area contributed by atoms with Gasteiger partial charge in [0.05, 0.1) is 5.69 Å². The van der Waals surface area contributed by atoms with Crippen molar-refractivity contribution in [1.82, 2.24) is 19.2 Å². The first-order valence-electron chi connectivity index (χ1n) is 10.8. The lowest BCUT2D eigenvalue weighted by Gasteiger charge is -2.36. The number of unbranched alkanes of at least 4 members (excludes halogenated alkanes) is 1. The smallest absolute Gasteiger partial charge is 0.350 e. The Morgan fingerprint density at radius 2 is 1.77 bits per heavy atom. The molecule has 0 radical (unpaired) electrons. The van der Waals surface area contributed by atoms with E-state index < -0.39 is 0 Å². The summed E-state index contributed by atoms with van der Waals surface area (Å²) >= 11 is 0. The number of fused-ring (bicyclic) bond motifs is 3. The number of rotatable bonds is 6. The van der Waals surface area contributed by atoms with Crippen molar-refractivity contribution in [1.29, 1.82) is 0 Å². The van der Waals surface area contributed by atoms with E-state index in [0.717, 1.165) is 56.9 Å². The molecular formula is C23H26FN5O2. The Hall–Kier alpha value is -3.13. The van der Waals surface area contributed by atoms with Gasteiger partial charge in [0.25, 0.3) is 0 Å². The molecule has 1 fully saturated rings. The van der Waals surface area contributed by atoms with E-state index in [0.29, 0.717) is 24.7 Å². The van der Waals surface area contributed by atoms with E-state index >= 15 is 0 Å². The SMILES string of the molecule is O=c1n(CCCCN2CCN(c3cccc(F)c3)CC2)nc2n1-c1ccccc1OC2. The molecule has 0 saturated carbocycles. The minimum absolute atomic E-state index is 0.102. The quantitative estimate of drug-likeness (QED) is 0.571. The van der Waals surface area contributed by atoms with Gasteiger partial charge in [0.2, 0.25) is 0 Å². The average molecular weight is 423 g/mol. The molecule has 0 amide bonds. The van der Waals surface area contributed by atoms with Gasteiger partial charge in [-0.15, -0.1) is 0 Å². The molecule has 1 aromatic heterocycles. The molecule has 1 saturated heterocycles.